The number of carbonyl (C=O) groups is 1. The monoisotopic (exact) mass is 322 g/mol. The Morgan fingerprint density at radius 2 is 2.04 bits per heavy atom. The highest BCUT2D eigenvalue weighted by molar-refractivity contribution is 5.87. The summed E-state index contributed by atoms with van der Waals surface area (Å²) >= 11 is 0. The predicted octanol–water partition coefficient (Wildman–Crippen LogP) is 3.37. The van der Waals surface area contributed by atoms with Crippen LogP contribution in [0.15, 0.2) is 41.0 Å². The molecule has 0 unspecified atom stereocenters. The fraction of sp³-hybridized carbons (Fsp3) is 0.263. The van der Waals surface area contributed by atoms with Crippen molar-refractivity contribution in [2.24, 2.45) is 0 Å². The van der Waals surface area contributed by atoms with E-state index < -0.39 is 0 Å². The second-order valence-corrected chi connectivity index (χ2v) is 6.17. The molecule has 0 radical (unpaired) electrons. The lowest BCUT2D eigenvalue weighted by Crippen LogP contribution is -2.31. The molecule has 24 heavy (non-hydrogen) atoms. The zero-order valence-corrected chi connectivity index (χ0v) is 13.7. The number of fused-ring (bicyclic) bond motifs is 2. The van der Waals surface area contributed by atoms with E-state index in [4.69, 9.17) is 9.15 Å². The zero-order valence-electron chi connectivity index (χ0n) is 13.7. The van der Waals surface area contributed by atoms with Gasteiger partial charge < -0.3 is 14.1 Å². The van der Waals surface area contributed by atoms with Crippen LogP contribution >= 0.6 is 0 Å². The van der Waals surface area contributed by atoms with E-state index in [9.17, 15) is 4.79 Å². The Labute approximate surface area is 139 Å². The molecule has 0 saturated heterocycles. The number of hydrogen-bond donors (Lipinski definition) is 0. The van der Waals surface area contributed by atoms with Gasteiger partial charge in [0.25, 0.3) is 5.91 Å². The van der Waals surface area contributed by atoms with Gasteiger partial charge in [0, 0.05) is 10.9 Å². The van der Waals surface area contributed by atoms with E-state index in [0.717, 1.165) is 27.8 Å². The highest BCUT2D eigenvalue weighted by atomic mass is 16.5. The number of nitrogens with zero attached hydrogens (tertiary/aromatic N) is 2. The number of furan rings is 1. The lowest BCUT2D eigenvalue weighted by molar-refractivity contribution is -0.134. The Kier molecular flexibility index (Phi) is 3.49. The van der Waals surface area contributed by atoms with Gasteiger partial charge in [-0.1, -0.05) is 12.1 Å². The van der Waals surface area contributed by atoms with Crippen molar-refractivity contribution in [2.45, 2.75) is 26.9 Å². The summed E-state index contributed by atoms with van der Waals surface area (Å²) < 4.78 is 11.0. The van der Waals surface area contributed by atoms with Crippen molar-refractivity contribution in [2.75, 3.05) is 6.61 Å². The largest absolute Gasteiger partial charge is 0.467 e. The van der Waals surface area contributed by atoms with E-state index in [-0.39, 0.29) is 12.5 Å². The van der Waals surface area contributed by atoms with E-state index in [1.807, 2.05) is 19.1 Å². The number of amides is 1. The third-order valence-corrected chi connectivity index (χ3v) is 4.42. The van der Waals surface area contributed by atoms with Crippen LogP contribution in [0.5, 0.6) is 5.88 Å². The second kappa shape index (κ2) is 5.67. The Balaban J connectivity index is 1.76. The summed E-state index contributed by atoms with van der Waals surface area (Å²) in [6.07, 6.45) is 1.61. The van der Waals surface area contributed by atoms with E-state index in [1.54, 1.807) is 11.2 Å². The van der Waals surface area contributed by atoms with Gasteiger partial charge in [0.1, 0.15) is 5.76 Å². The van der Waals surface area contributed by atoms with Gasteiger partial charge in [-0.25, -0.2) is 4.98 Å². The van der Waals surface area contributed by atoms with Crippen molar-refractivity contribution in [1.29, 1.82) is 0 Å². The standard InChI is InChI=1S/C19H18N2O3/c1-12-5-6-13(2)18-16(12)8-14-9-21(10-15-4-3-7-23-15)17(22)11-24-19(14)20-18/h3-8H,9-11H2,1-2H3. The molecule has 5 nitrogen and oxygen atoms in total. The van der Waals surface area contributed by atoms with Crippen LogP contribution in [0.1, 0.15) is 22.5 Å². The van der Waals surface area contributed by atoms with Gasteiger partial charge >= 0.3 is 0 Å². The van der Waals surface area contributed by atoms with E-state index in [0.29, 0.717) is 19.0 Å². The number of benzene rings is 1. The molecule has 0 bridgehead atoms. The van der Waals surface area contributed by atoms with Crippen LogP contribution in [0.2, 0.25) is 0 Å². The maximum absolute atomic E-state index is 12.4. The zero-order chi connectivity index (χ0) is 16.7. The van der Waals surface area contributed by atoms with Gasteiger partial charge in [0.05, 0.1) is 24.9 Å². The first kappa shape index (κ1) is 14.8. The van der Waals surface area contributed by atoms with Crippen molar-refractivity contribution in [3.63, 3.8) is 0 Å². The van der Waals surface area contributed by atoms with Gasteiger partial charge in [-0.2, -0.15) is 0 Å². The molecule has 0 aliphatic carbocycles. The molecule has 0 spiro atoms. The van der Waals surface area contributed by atoms with Crippen LogP contribution in [-0.2, 0) is 17.9 Å². The maximum Gasteiger partial charge on any atom is 0.261 e. The fourth-order valence-electron chi connectivity index (χ4n) is 3.05. The third kappa shape index (κ3) is 2.52. The maximum atomic E-state index is 12.4. The first-order chi connectivity index (χ1) is 11.6. The molecular formula is C19H18N2O3. The van der Waals surface area contributed by atoms with Crippen molar-refractivity contribution in [3.05, 3.63) is 59.0 Å². The van der Waals surface area contributed by atoms with Crippen LogP contribution in [0, 0.1) is 13.8 Å². The van der Waals surface area contributed by atoms with Crippen molar-refractivity contribution >= 4 is 16.8 Å². The molecule has 5 heteroatoms. The molecule has 1 amide bonds. The Hall–Kier alpha value is -2.82. The number of hydrogen-bond acceptors (Lipinski definition) is 4. The average Bonchev–Trinajstić information content (AvgIpc) is 3.03. The summed E-state index contributed by atoms with van der Waals surface area (Å²) in [5, 5.41) is 1.10. The first-order valence-corrected chi connectivity index (χ1v) is 7.94. The van der Waals surface area contributed by atoms with E-state index in [1.165, 1.54) is 5.56 Å². The topological polar surface area (TPSA) is 55.6 Å². The quantitative estimate of drug-likeness (QED) is 0.726. The van der Waals surface area contributed by atoms with Gasteiger partial charge in [-0.15, -0.1) is 0 Å². The summed E-state index contributed by atoms with van der Waals surface area (Å²) in [6.45, 7) is 4.99. The summed E-state index contributed by atoms with van der Waals surface area (Å²) in [5.41, 5.74) is 4.12. The molecule has 1 aliphatic heterocycles. The minimum atomic E-state index is -0.0677. The summed E-state index contributed by atoms with van der Waals surface area (Å²) in [6, 6.07) is 9.93. The predicted molar refractivity (Wildman–Crippen MR) is 89.7 cm³/mol. The Bertz CT molecular complexity index is 916. The van der Waals surface area contributed by atoms with Gasteiger partial charge in [-0.05, 0) is 43.2 Å². The number of ether oxygens (including phenoxy) is 1. The van der Waals surface area contributed by atoms with Crippen LogP contribution in [0.4, 0.5) is 0 Å². The summed E-state index contributed by atoms with van der Waals surface area (Å²) in [7, 11) is 0. The molecule has 0 fully saturated rings. The van der Waals surface area contributed by atoms with Gasteiger partial charge in [0.15, 0.2) is 6.61 Å². The summed E-state index contributed by atoms with van der Waals surface area (Å²) in [5.74, 6) is 1.24. The lowest BCUT2D eigenvalue weighted by atomic mass is 10.0. The summed E-state index contributed by atoms with van der Waals surface area (Å²) in [4.78, 5) is 18.8. The van der Waals surface area contributed by atoms with Gasteiger partial charge in [-0.3, -0.25) is 4.79 Å². The number of pyridine rings is 1. The van der Waals surface area contributed by atoms with Crippen molar-refractivity contribution in [3.8, 4) is 5.88 Å². The van der Waals surface area contributed by atoms with Crippen LogP contribution in [-0.4, -0.2) is 22.4 Å². The minimum Gasteiger partial charge on any atom is -0.467 e. The van der Waals surface area contributed by atoms with Crippen LogP contribution < -0.4 is 4.74 Å². The normalized spacial score (nSPS) is 14.4. The van der Waals surface area contributed by atoms with Gasteiger partial charge in [0.2, 0.25) is 5.88 Å². The number of rotatable bonds is 2. The second-order valence-electron chi connectivity index (χ2n) is 6.17. The SMILES string of the molecule is Cc1ccc(C)c2nc3c(cc12)CN(Cc1ccco1)C(=O)CO3. The molecule has 1 aromatic carbocycles. The fourth-order valence-corrected chi connectivity index (χ4v) is 3.05. The number of aryl methyl sites for hydroxylation is 2. The number of aromatic nitrogens is 1. The molecule has 4 rings (SSSR count). The van der Waals surface area contributed by atoms with Crippen molar-refractivity contribution < 1.29 is 13.9 Å². The highest BCUT2D eigenvalue weighted by Gasteiger charge is 2.24. The molecular weight excluding hydrogens is 304 g/mol. The third-order valence-electron chi connectivity index (χ3n) is 4.42. The molecule has 3 aromatic rings. The lowest BCUT2D eigenvalue weighted by Gasteiger charge is -2.18. The molecule has 3 heterocycles. The molecule has 0 atom stereocenters. The minimum absolute atomic E-state index is 0.00290. The first-order valence-electron chi connectivity index (χ1n) is 7.94. The Morgan fingerprint density at radius 1 is 1.21 bits per heavy atom. The Morgan fingerprint density at radius 3 is 2.83 bits per heavy atom. The molecule has 2 aromatic heterocycles. The molecule has 0 N–H and O–H groups in total. The van der Waals surface area contributed by atoms with E-state index >= 15 is 0 Å². The van der Waals surface area contributed by atoms with E-state index in [2.05, 4.69) is 30.1 Å². The van der Waals surface area contributed by atoms with Crippen LogP contribution in [0.3, 0.4) is 0 Å². The smallest absolute Gasteiger partial charge is 0.261 e. The molecule has 1 aliphatic rings. The van der Waals surface area contributed by atoms with Crippen LogP contribution in [0.25, 0.3) is 10.9 Å². The molecule has 0 saturated carbocycles. The average molecular weight is 322 g/mol. The molecule has 122 valence electrons. The number of carbonyl (C=O) groups excluding carboxylic acids is 1. The van der Waals surface area contributed by atoms with Crippen molar-refractivity contribution in [1.82, 2.24) is 9.88 Å². The highest BCUT2D eigenvalue weighted by Crippen LogP contribution is 2.29.